The Morgan fingerprint density at radius 2 is 1.69 bits per heavy atom. The lowest BCUT2D eigenvalue weighted by Crippen LogP contribution is -2.04. The lowest BCUT2D eigenvalue weighted by Gasteiger charge is -2.09. The van der Waals surface area contributed by atoms with Crippen LogP contribution >= 0.6 is 0 Å². The largest absolute Gasteiger partial charge is 0.488 e. The number of carboxylic acids is 1. The molecule has 146 valence electrons. The Labute approximate surface area is 168 Å². The molecule has 0 spiro atoms. The summed E-state index contributed by atoms with van der Waals surface area (Å²) in [5.41, 5.74) is 3.40. The molecule has 2 N–H and O–H groups in total. The molecule has 0 bridgehead atoms. The predicted molar refractivity (Wildman–Crippen MR) is 112 cm³/mol. The summed E-state index contributed by atoms with van der Waals surface area (Å²) in [5.74, 6) is -0.400. The second-order valence-corrected chi connectivity index (χ2v) is 6.31. The number of carbonyl (C=O) groups excluding carboxylic acids is 1. The van der Waals surface area contributed by atoms with Gasteiger partial charge >= 0.3 is 5.97 Å². The Morgan fingerprint density at radius 1 is 1.00 bits per heavy atom. The maximum atomic E-state index is 11.1. The molecule has 6 heteroatoms. The summed E-state index contributed by atoms with van der Waals surface area (Å²) < 4.78 is 5.89. The Hall–Kier alpha value is -3.93. The number of anilines is 1. The van der Waals surface area contributed by atoms with Crippen molar-refractivity contribution in [3.05, 3.63) is 89.5 Å². The van der Waals surface area contributed by atoms with Crippen LogP contribution in [0.3, 0.4) is 0 Å². The number of aliphatic imine (C=N–C) groups is 1. The number of hydrogen-bond acceptors (Lipinski definition) is 4. The van der Waals surface area contributed by atoms with E-state index in [1.807, 2.05) is 36.4 Å². The number of nitrogens with one attached hydrogen (secondary N) is 1. The molecule has 3 rings (SSSR count). The van der Waals surface area contributed by atoms with E-state index in [1.165, 1.54) is 6.92 Å². The molecule has 0 aliphatic carbocycles. The molecule has 0 heterocycles. The third kappa shape index (κ3) is 5.77. The number of aromatic carboxylic acids is 1. The Morgan fingerprint density at radius 3 is 2.34 bits per heavy atom. The van der Waals surface area contributed by atoms with E-state index in [0.717, 1.165) is 16.8 Å². The van der Waals surface area contributed by atoms with Crippen molar-refractivity contribution in [3.8, 4) is 5.75 Å². The first-order chi connectivity index (χ1) is 14.0. The number of amides is 1. The number of hydrogen-bond donors (Lipinski definition) is 2. The van der Waals surface area contributed by atoms with Gasteiger partial charge in [0.25, 0.3) is 0 Å². The Kier molecular flexibility index (Phi) is 6.37. The molecule has 0 saturated heterocycles. The van der Waals surface area contributed by atoms with E-state index in [4.69, 9.17) is 9.84 Å². The molecule has 29 heavy (non-hydrogen) atoms. The van der Waals surface area contributed by atoms with Crippen molar-refractivity contribution in [1.29, 1.82) is 0 Å². The molecule has 0 aromatic heterocycles. The van der Waals surface area contributed by atoms with Gasteiger partial charge in [-0.2, -0.15) is 0 Å². The molecule has 6 nitrogen and oxygen atoms in total. The van der Waals surface area contributed by atoms with Crippen LogP contribution in [0.25, 0.3) is 0 Å². The quantitative estimate of drug-likeness (QED) is 0.576. The zero-order chi connectivity index (χ0) is 20.6. The lowest BCUT2D eigenvalue weighted by atomic mass is 10.1. The minimum Gasteiger partial charge on any atom is -0.488 e. The zero-order valence-corrected chi connectivity index (χ0v) is 15.8. The highest BCUT2D eigenvalue weighted by Gasteiger charge is 2.04. The highest BCUT2D eigenvalue weighted by Crippen LogP contribution is 2.21. The number of carboxylic acid groups (broad SMARTS) is 1. The van der Waals surface area contributed by atoms with Crippen molar-refractivity contribution < 1.29 is 19.4 Å². The minimum absolute atomic E-state index is 0.120. The standard InChI is InChI=1S/C23H20N2O4/c1-16(26)25-21-12-10-20(11-13-21)24-14-19-4-2-3-5-22(19)29-15-17-6-8-18(9-7-17)23(27)28/h2-14H,15H2,1H3,(H,25,26)(H,27,28). The molecule has 3 aromatic rings. The SMILES string of the molecule is CC(=O)Nc1ccc(N=Cc2ccccc2OCc2ccc(C(=O)O)cc2)cc1. The van der Waals surface area contributed by atoms with Crippen LogP contribution in [0, 0.1) is 0 Å². The molecule has 0 aliphatic rings. The first kappa shape index (κ1) is 19.8. The molecular formula is C23H20N2O4. The van der Waals surface area contributed by atoms with Crippen LogP contribution in [0.4, 0.5) is 11.4 Å². The monoisotopic (exact) mass is 388 g/mol. The lowest BCUT2D eigenvalue weighted by molar-refractivity contribution is -0.114. The van der Waals surface area contributed by atoms with Crippen LogP contribution in [-0.2, 0) is 11.4 Å². The average Bonchev–Trinajstić information content (AvgIpc) is 2.72. The summed E-state index contributed by atoms with van der Waals surface area (Å²) in [5, 5.41) is 11.7. The van der Waals surface area contributed by atoms with Gasteiger partial charge in [-0.1, -0.05) is 24.3 Å². The number of para-hydroxylation sites is 1. The van der Waals surface area contributed by atoms with Crippen LogP contribution in [0.1, 0.15) is 28.4 Å². The summed E-state index contributed by atoms with van der Waals surface area (Å²) in [6, 6.07) is 21.3. The van der Waals surface area contributed by atoms with Gasteiger partial charge in [0.05, 0.1) is 11.3 Å². The normalized spacial score (nSPS) is 10.7. The number of ether oxygens (including phenoxy) is 1. The third-order valence-corrected chi connectivity index (χ3v) is 4.05. The van der Waals surface area contributed by atoms with E-state index in [9.17, 15) is 9.59 Å². The van der Waals surface area contributed by atoms with Gasteiger partial charge in [-0.05, 0) is 54.1 Å². The molecule has 3 aromatic carbocycles. The molecule has 0 saturated carbocycles. The number of rotatable bonds is 7. The van der Waals surface area contributed by atoms with Gasteiger partial charge in [-0.15, -0.1) is 0 Å². The highest BCUT2D eigenvalue weighted by atomic mass is 16.5. The van der Waals surface area contributed by atoms with E-state index in [1.54, 1.807) is 42.6 Å². The molecule has 0 unspecified atom stereocenters. The number of benzene rings is 3. The smallest absolute Gasteiger partial charge is 0.335 e. The second-order valence-electron chi connectivity index (χ2n) is 6.31. The highest BCUT2D eigenvalue weighted by molar-refractivity contribution is 5.89. The average molecular weight is 388 g/mol. The molecule has 0 aliphatic heterocycles. The van der Waals surface area contributed by atoms with Crippen LogP contribution < -0.4 is 10.1 Å². The first-order valence-electron chi connectivity index (χ1n) is 8.97. The topological polar surface area (TPSA) is 88.0 Å². The maximum absolute atomic E-state index is 11.1. The third-order valence-electron chi connectivity index (χ3n) is 4.05. The van der Waals surface area contributed by atoms with E-state index in [0.29, 0.717) is 18.0 Å². The van der Waals surface area contributed by atoms with Crippen molar-refractivity contribution >= 4 is 29.5 Å². The molecular weight excluding hydrogens is 368 g/mol. The van der Waals surface area contributed by atoms with E-state index < -0.39 is 5.97 Å². The predicted octanol–water partition coefficient (Wildman–Crippen LogP) is 4.67. The van der Waals surface area contributed by atoms with E-state index in [2.05, 4.69) is 10.3 Å². The van der Waals surface area contributed by atoms with Crippen LogP contribution in [0.2, 0.25) is 0 Å². The summed E-state index contributed by atoms with van der Waals surface area (Å²) in [7, 11) is 0. The summed E-state index contributed by atoms with van der Waals surface area (Å²) >= 11 is 0. The maximum Gasteiger partial charge on any atom is 0.335 e. The van der Waals surface area contributed by atoms with E-state index in [-0.39, 0.29) is 11.5 Å². The Balaban J connectivity index is 1.67. The molecule has 0 atom stereocenters. The fourth-order valence-corrected chi connectivity index (χ4v) is 2.60. The first-order valence-corrected chi connectivity index (χ1v) is 8.97. The van der Waals surface area contributed by atoms with Gasteiger partial charge in [-0.25, -0.2) is 4.79 Å². The zero-order valence-electron chi connectivity index (χ0n) is 15.8. The second kappa shape index (κ2) is 9.32. The molecule has 1 amide bonds. The van der Waals surface area contributed by atoms with Gasteiger partial charge in [0, 0.05) is 24.4 Å². The van der Waals surface area contributed by atoms with Crippen molar-refractivity contribution in [2.75, 3.05) is 5.32 Å². The summed E-state index contributed by atoms with van der Waals surface area (Å²) in [6.07, 6.45) is 1.72. The summed E-state index contributed by atoms with van der Waals surface area (Å²) in [6.45, 7) is 1.78. The van der Waals surface area contributed by atoms with Crippen LogP contribution in [0.5, 0.6) is 5.75 Å². The molecule has 0 fully saturated rings. The minimum atomic E-state index is -0.955. The van der Waals surface area contributed by atoms with Gasteiger partial charge in [-0.3, -0.25) is 9.79 Å². The van der Waals surface area contributed by atoms with Crippen LogP contribution in [-0.4, -0.2) is 23.2 Å². The Bertz CT molecular complexity index is 1030. The molecule has 0 radical (unpaired) electrons. The van der Waals surface area contributed by atoms with Gasteiger partial charge in [0.15, 0.2) is 0 Å². The van der Waals surface area contributed by atoms with Crippen molar-refractivity contribution in [3.63, 3.8) is 0 Å². The summed E-state index contributed by atoms with van der Waals surface area (Å²) in [4.78, 5) is 26.5. The number of nitrogens with zero attached hydrogens (tertiary/aromatic N) is 1. The van der Waals surface area contributed by atoms with Crippen molar-refractivity contribution in [2.24, 2.45) is 4.99 Å². The van der Waals surface area contributed by atoms with Gasteiger partial charge < -0.3 is 15.2 Å². The van der Waals surface area contributed by atoms with Crippen molar-refractivity contribution in [2.45, 2.75) is 13.5 Å². The number of carbonyl (C=O) groups is 2. The van der Waals surface area contributed by atoms with Crippen molar-refractivity contribution in [1.82, 2.24) is 0 Å². The van der Waals surface area contributed by atoms with Crippen LogP contribution in [0.15, 0.2) is 77.8 Å². The van der Waals surface area contributed by atoms with Gasteiger partial charge in [0.2, 0.25) is 5.91 Å². The van der Waals surface area contributed by atoms with E-state index >= 15 is 0 Å². The van der Waals surface area contributed by atoms with Gasteiger partial charge in [0.1, 0.15) is 12.4 Å². The fourth-order valence-electron chi connectivity index (χ4n) is 2.60. The fraction of sp³-hybridized carbons (Fsp3) is 0.0870.